The molecular formula is C19H18Cl2FNO4. The number of amides is 1. The number of hydrogen-bond acceptors (Lipinski definition) is 4. The van der Waals surface area contributed by atoms with Gasteiger partial charge in [-0.3, -0.25) is 4.79 Å². The summed E-state index contributed by atoms with van der Waals surface area (Å²) >= 11 is 12.0. The average Bonchev–Trinajstić information content (AvgIpc) is 2.60. The molecule has 5 nitrogen and oxygen atoms in total. The monoisotopic (exact) mass is 413 g/mol. The van der Waals surface area contributed by atoms with Crippen molar-refractivity contribution in [3.63, 3.8) is 0 Å². The second-order valence-corrected chi connectivity index (χ2v) is 6.59. The van der Waals surface area contributed by atoms with Crippen molar-refractivity contribution in [3.8, 4) is 5.75 Å². The maximum Gasteiger partial charge on any atom is 0.344 e. The second-order valence-electron chi connectivity index (χ2n) is 5.75. The van der Waals surface area contributed by atoms with Gasteiger partial charge in [-0.1, -0.05) is 41.4 Å². The number of nitrogens with one attached hydrogen (secondary N) is 1. The lowest BCUT2D eigenvalue weighted by Crippen LogP contribution is -2.38. The molecule has 144 valence electrons. The zero-order valence-electron chi connectivity index (χ0n) is 14.7. The summed E-state index contributed by atoms with van der Waals surface area (Å²) in [5, 5.41) is 3.60. The Morgan fingerprint density at radius 2 is 1.85 bits per heavy atom. The average molecular weight is 414 g/mol. The molecule has 0 bridgehead atoms. The highest BCUT2D eigenvalue weighted by Crippen LogP contribution is 2.26. The van der Waals surface area contributed by atoms with Gasteiger partial charge >= 0.3 is 5.97 Å². The van der Waals surface area contributed by atoms with Gasteiger partial charge in [0.15, 0.2) is 24.3 Å². The van der Waals surface area contributed by atoms with Crippen LogP contribution in [0.15, 0.2) is 42.5 Å². The molecular weight excluding hydrogens is 396 g/mol. The molecule has 0 fully saturated rings. The molecule has 0 unspecified atom stereocenters. The number of rotatable bonds is 7. The van der Waals surface area contributed by atoms with Gasteiger partial charge in [-0.2, -0.15) is 0 Å². The first-order valence-electron chi connectivity index (χ1n) is 8.10. The van der Waals surface area contributed by atoms with E-state index in [1.807, 2.05) is 0 Å². The predicted octanol–water partition coefficient (Wildman–Crippen LogP) is 4.32. The van der Waals surface area contributed by atoms with Gasteiger partial charge < -0.3 is 14.8 Å². The zero-order chi connectivity index (χ0) is 20.0. The van der Waals surface area contributed by atoms with Crippen LogP contribution in [-0.2, 0) is 14.3 Å². The van der Waals surface area contributed by atoms with Crippen LogP contribution in [0, 0.1) is 5.82 Å². The third kappa shape index (κ3) is 6.12. The molecule has 0 saturated heterocycles. The Morgan fingerprint density at radius 1 is 1.15 bits per heavy atom. The first-order chi connectivity index (χ1) is 12.8. The number of para-hydroxylation sites is 1. The molecule has 0 aromatic heterocycles. The van der Waals surface area contributed by atoms with Crippen molar-refractivity contribution in [1.82, 2.24) is 5.32 Å². The topological polar surface area (TPSA) is 64.6 Å². The molecule has 0 saturated carbocycles. The van der Waals surface area contributed by atoms with Crippen LogP contribution in [0.1, 0.15) is 25.5 Å². The normalized spacial score (nSPS) is 12.8. The van der Waals surface area contributed by atoms with Crippen LogP contribution in [0.25, 0.3) is 0 Å². The molecule has 0 spiro atoms. The highest BCUT2D eigenvalue weighted by molar-refractivity contribution is 6.35. The fraction of sp³-hybridized carbons (Fsp3) is 0.263. The van der Waals surface area contributed by atoms with Crippen molar-refractivity contribution in [1.29, 1.82) is 0 Å². The summed E-state index contributed by atoms with van der Waals surface area (Å²) in [6, 6.07) is 10.2. The third-order valence-electron chi connectivity index (χ3n) is 3.65. The van der Waals surface area contributed by atoms with Crippen LogP contribution in [0.2, 0.25) is 10.0 Å². The Bertz CT molecular complexity index is 831. The van der Waals surface area contributed by atoms with Crippen molar-refractivity contribution in [2.24, 2.45) is 0 Å². The summed E-state index contributed by atoms with van der Waals surface area (Å²) in [5.41, 5.74) is 0.677. The number of esters is 1. The quantitative estimate of drug-likeness (QED) is 0.686. The van der Waals surface area contributed by atoms with Gasteiger partial charge in [-0.25, -0.2) is 9.18 Å². The fourth-order valence-electron chi connectivity index (χ4n) is 2.24. The number of halogens is 3. The molecule has 0 aliphatic carbocycles. The second kappa shape index (κ2) is 9.58. The smallest absolute Gasteiger partial charge is 0.344 e. The van der Waals surface area contributed by atoms with Gasteiger partial charge in [0.1, 0.15) is 0 Å². The largest absolute Gasteiger partial charge is 0.479 e. The molecule has 0 aliphatic rings. The van der Waals surface area contributed by atoms with Gasteiger partial charge in [-0.15, -0.1) is 0 Å². The van der Waals surface area contributed by atoms with E-state index < -0.39 is 36.4 Å². The maximum atomic E-state index is 13.4. The Labute approximate surface area is 166 Å². The molecule has 1 amide bonds. The molecule has 2 aromatic rings. The molecule has 2 aromatic carbocycles. The standard InChI is InChI=1S/C19H18Cl2FNO4/c1-11(14-8-7-13(20)9-15(14)21)23-19(25)12(2)27-18(24)10-26-17-6-4-3-5-16(17)22/h3-9,11-12H,10H2,1-2H3,(H,23,25)/t11-,12-/m0/s1. The van der Waals surface area contributed by atoms with E-state index in [1.54, 1.807) is 31.2 Å². The van der Waals surface area contributed by atoms with Crippen LogP contribution in [0.4, 0.5) is 4.39 Å². The third-order valence-corrected chi connectivity index (χ3v) is 4.21. The molecule has 0 aliphatic heterocycles. The van der Waals surface area contributed by atoms with Crippen molar-refractivity contribution in [3.05, 3.63) is 63.9 Å². The summed E-state index contributed by atoms with van der Waals surface area (Å²) in [4.78, 5) is 24.0. The van der Waals surface area contributed by atoms with E-state index in [-0.39, 0.29) is 5.75 Å². The highest BCUT2D eigenvalue weighted by atomic mass is 35.5. The Hall–Kier alpha value is -2.31. The van der Waals surface area contributed by atoms with Crippen LogP contribution >= 0.6 is 23.2 Å². The molecule has 27 heavy (non-hydrogen) atoms. The molecule has 2 rings (SSSR count). The SMILES string of the molecule is C[C@H](OC(=O)COc1ccccc1F)C(=O)N[C@@H](C)c1ccc(Cl)cc1Cl. The van der Waals surface area contributed by atoms with Crippen LogP contribution in [0.5, 0.6) is 5.75 Å². The summed E-state index contributed by atoms with van der Waals surface area (Å²) in [6.07, 6.45) is -1.06. The maximum absolute atomic E-state index is 13.4. The molecule has 2 atom stereocenters. The van der Waals surface area contributed by atoms with Crippen molar-refractivity contribution >= 4 is 35.1 Å². The summed E-state index contributed by atoms with van der Waals surface area (Å²) in [6.45, 7) is 2.65. The lowest BCUT2D eigenvalue weighted by atomic mass is 10.1. The van der Waals surface area contributed by atoms with E-state index in [9.17, 15) is 14.0 Å². The van der Waals surface area contributed by atoms with Crippen LogP contribution in [0.3, 0.4) is 0 Å². The number of ether oxygens (including phenoxy) is 2. The Balaban J connectivity index is 1.85. The zero-order valence-corrected chi connectivity index (χ0v) is 16.2. The molecule has 8 heteroatoms. The number of carbonyl (C=O) groups excluding carboxylic acids is 2. The van der Waals surface area contributed by atoms with Crippen molar-refractivity contribution < 1.29 is 23.5 Å². The van der Waals surface area contributed by atoms with Gasteiger partial charge in [0.2, 0.25) is 0 Å². The van der Waals surface area contributed by atoms with Gasteiger partial charge in [-0.05, 0) is 43.7 Å². The highest BCUT2D eigenvalue weighted by Gasteiger charge is 2.21. The van der Waals surface area contributed by atoms with Crippen LogP contribution in [-0.4, -0.2) is 24.6 Å². The predicted molar refractivity (Wildman–Crippen MR) is 100 cm³/mol. The Kier molecular flexibility index (Phi) is 7.45. The minimum atomic E-state index is -1.06. The lowest BCUT2D eigenvalue weighted by Gasteiger charge is -2.19. The van der Waals surface area contributed by atoms with Gasteiger partial charge in [0, 0.05) is 10.0 Å². The number of hydrogen-bond donors (Lipinski definition) is 1. The molecule has 0 heterocycles. The summed E-state index contributed by atoms with van der Waals surface area (Å²) in [7, 11) is 0. The summed E-state index contributed by atoms with van der Waals surface area (Å²) < 4.78 is 23.5. The first-order valence-corrected chi connectivity index (χ1v) is 8.85. The first kappa shape index (κ1) is 21.0. The van der Waals surface area contributed by atoms with E-state index in [2.05, 4.69) is 5.32 Å². The van der Waals surface area contributed by atoms with E-state index in [1.165, 1.54) is 25.1 Å². The van der Waals surface area contributed by atoms with Crippen molar-refractivity contribution in [2.45, 2.75) is 26.0 Å². The minimum absolute atomic E-state index is 0.0717. The van der Waals surface area contributed by atoms with E-state index in [0.717, 1.165) is 0 Å². The lowest BCUT2D eigenvalue weighted by molar-refractivity contribution is -0.156. The summed E-state index contributed by atoms with van der Waals surface area (Å²) in [5.74, 6) is -1.96. The molecule has 1 N–H and O–H groups in total. The Morgan fingerprint density at radius 3 is 2.52 bits per heavy atom. The van der Waals surface area contributed by atoms with Gasteiger partial charge in [0.05, 0.1) is 6.04 Å². The number of carbonyl (C=O) groups is 2. The van der Waals surface area contributed by atoms with Crippen LogP contribution < -0.4 is 10.1 Å². The van der Waals surface area contributed by atoms with Gasteiger partial charge in [0.25, 0.3) is 5.91 Å². The van der Waals surface area contributed by atoms with Crippen molar-refractivity contribution in [2.75, 3.05) is 6.61 Å². The fourth-order valence-corrected chi connectivity index (χ4v) is 2.82. The minimum Gasteiger partial charge on any atom is -0.479 e. The van der Waals surface area contributed by atoms with E-state index in [4.69, 9.17) is 32.7 Å². The number of benzene rings is 2. The molecule has 0 radical (unpaired) electrons. The van der Waals surface area contributed by atoms with E-state index >= 15 is 0 Å². The van der Waals surface area contributed by atoms with E-state index in [0.29, 0.717) is 15.6 Å².